The smallest absolute Gasteiger partial charge is 0.0145 e. The zero-order valence-corrected chi connectivity index (χ0v) is 23.5. The Hall–Kier alpha value is -0.160. The number of hydrogen-bond acceptors (Lipinski definition) is 4. The molecule has 2 saturated heterocycles. The second-order valence-corrected chi connectivity index (χ2v) is 14.1. The topological polar surface area (TPSA) is 39.3 Å². The maximum Gasteiger partial charge on any atom is 0.0145 e. The molecule has 0 spiro atoms. The van der Waals surface area contributed by atoms with Gasteiger partial charge in [0, 0.05) is 34.2 Å². The Morgan fingerprint density at radius 1 is 0.750 bits per heavy atom. The Kier molecular flexibility index (Phi) is 9.70. The molecule has 0 aliphatic carbocycles. The van der Waals surface area contributed by atoms with Crippen molar-refractivity contribution in [3.05, 3.63) is 0 Å². The second kappa shape index (κ2) is 11.1. The molecule has 3 N–H and O–H groups in total. The third-order valence-electron chi connectivity index (χ3n) is 7.69. The van der Waals surface area contributed by atoms with E-state index in [9.17, 15) is 0 Å². The molecule has 2 heterocycles. The third kappa shape index (κ3) is 9.99. The van der Waals surface area contributed by atoms with Crippen molar-refractivity contribution < 1.29 is 0 Å². The number of piperidine rings is 2. The van der Waals surface area contributed by atoms with E-state index in [0.717, 1.165) is 5.92 Å². The minimum Gasteiger partial charge on any atom is -0.314 e. The molecule has 2 aliphatic rings. The molecular formula is C28H58N4. The molecule has 0 aromatic carbocycles. The molecule has 0 amide bonds. The van der Waals surface area contributed by atoms with Gasteiger partial charge in [-0.1, -0.05) is 26.2 Å². The summed E-state index contributed by atoms with van der Waals surface area (Å²) in [5, 5.41) is 11.5. The Bertz CT molecular complexity index is 534. The predicted molar refractivity (Wildman–Crippen MR) is 142 cm³/mol. The molecule has 0 bridgehead atoms. The molecule has 2 aliphatic heterocycles. The van der Waals surface area contributed by atoms with Gasteiger partial charge < -0.3 is 20.9 Å². The van der Waals surface area contributed by atoms with E-state index in [4.69, 9.17) is 0 Å². The molecule has 1 unspecified atom stereocenters. The first-order valence-corrected chi connectivity index (χ1v) is 13.6. The van der Waals surface area contributed by atoms with Gasteiger partial charge in [-0.3, -0.25) is 0 Å². The summed E-state index contributed by atoms with van der Waals surface area (Å²) in [5.74, 6) is 0.776. The molecule has 4 heteroatoms. The van der Waals surface area contributed by atoms with E-state index < -0.39 is 0 Å². The second-order valence-electron chi connectivity index (χ2n) is 14.1. The molecular weight excluding hydrogens is 392 g/mol. The number of unbranched alkanes of at least 4 members (excludes halogenated alkanes) is 3. The van der Waals surface area contributed by atoms with Gasteiger partial charge in [0.05, 0.1) is 0 Å². The minimum absolute atomic E-state index is 0.232. The molecule has 32 heavy (non-hydrogen) atoms. The Morgan fingerprint density at radius 3 is 1.75 bits per heavy atom. The normalized spacial score (nSPS) is 26.3. The van der Waals surface area contributed by atoms with Crippen LogP contribution in [0.4, 0.5) is 0 Å². The van der Waals surface area contributed by atoms with Gasteiger partial charge in [0.25, 0.3) is 0 Å². The van der Waals surface area contributed by atoms with E-state index in [1.807, 2.05) is 0 Å². The standard InChI is InChI=1S/C28H58N4/c1-22(21-29-23-17-25(2,3)30-26(4,5)18-23)15-13-11-12-14-16-32(10)24-19-27(6,7)31-28(8,9)20-24/h22-24,29-31H,11-21H2,1-10H3. The van der Waals surface area contributed by atoms with Crippen molar-refractivity contribution in [2.75, 3.05) is 20.1 Å². The highest BCUT2D eigenvalue weighted by atomic mass is 15.2. The zero-order chi connectivity index (χ0) is 24.2. The van der Waals surface area contributed by atoms with Crippen molar-refractivity contribution in [1.82, 2.24) is 20.9 Å². The zero-order valence-electron chi connectivity index (χ0n) is 23.5. The lowest BCUT2D eigenvalue weighted by Crippen LogP contribution is -2.61. The first kappa shape index (κ1) is 28.1. The van der Waals surface area contributed by atoms with Crippen molar-refractivity contribution in [3.8, 4) is 0 Å². The maximum atomic E-state index is 3.90. The first-order chi connectivity index (χ1) is 14.6. The van der Waals surface area contributed by atoms with Crippen LogP contribution in [0.5, 0.6) is 0 Å². The van der Waals surface area contributed by atoms with E-state index >= 15 is 0 Å². The summed E-state index contributed by atoms with van der Waals surface area (Å²) in [6.45, 7) is 23.7. The van der Waals surface area contributed by atoms with E-state index in [2.05, 4.69) is 90.2 Å². The number of hydrogen-bond donors (Lipinski definition) is 3. The molecule has 2 rings (SSSR count). The maximum absolute atomic E-state index is 3.90. The number of nitrogens with one attached hydrogen (secondary N) is 3. The van der Waals surface area contributed by atoms with Gasteiger partial charge in [-0.05, 0) is 120 Å². The van der Waals surface area contributed by atoms with E-state index in [-0.39, 0.29) is 22.2 Å². The average Bonchev–Trinajstić information content (AvgIpc) is 2.57. The van der Waals surface area contributed by atoms with Crippen LogP contribution >= 0.6 is 0 Å². The van der Waals surface area contributed by atoms with Crippen molar-refractivity contribution >= 4 is 0 Å². The van der Waals surface area contributed by atoms with E-state index in [0.29, 0.717) is 12.1 Å². The average molecular weight is 451 g/mol. The summed E-state index contributed by atoms with van der Waals surface area (Å²) < 4.78 is 0. The lowest BCUT2D eigenvalue weighted by molar-refractivity contribution is 0.0805. The quantitative estimate of drug-likeness (QED) is 0.352. The predicted octanol–water partition coefficient (Wildman–Crippen LogP) is 5.71. The van der Waals surface area contributed by atoms with Gasteiger partial charge >= 0.3 is 0 Å². The fourth-order valence-corrected chi connectivity index (χ4v) is 6.91. The largest absolute Gasteiger partial charge is 0.314 e. The lowest BCUT2D eigenvalue weighted by Gasteiger charge is -2.49. The van der Waals surface area contributed by atoms with Crippen LogP contribution in [-0.4, -0.2) is 59.3 Å². The molecule has 0 radical (unpaired) electrons. The van der Waals surface area contributed by atoms with Crippen LogP contribution in [0.2, 0.25) is 0 Å². The van der Waals surface area contributed by atoms with Crippen LogP contribution < -0.4 is 16.0 Å². The molecule has 190 valence electrons. The van der Waals surface area contributed by atoms with Crippen LogP contribution in [0.25, 0.3) is 0 Å². The highest BCUT2D eigenvalue weighted by Crippen LogP contribution is 2.31. The summed E-state index contributed by atoms with van der Waals surface area (Å²) in [4.78, 5) is 2.64. The molecule has 1 atom stereocenters. The minimum atomic E-state index is 0.232. The molecule has 0 aromatic heterocycles. The van der Waals surface area contributed by atoms with Gasteiger partial charge in [0.2, 0.25) is 0 Å². The van der Waals surface area contributed by atoms with Crippen molar-refractivity contribution in [1.29, 1.82) is 0 Å². The van der Waals surface area contributed by atoms with Crippen LogP contribution in [0.15, 0.2) is 0 Å². The fraction of sp³-hybridized carbons (Fsp3) is 1.00. The van der Waals surface area contributed by atoms with Gasteiger partial charge in [-0.25, -0.2) is 0 Å². The molecule has 4 nitrogen and oxygen atoms in total. The Morgan fingerprint density at radius 2 is 1.22 bits per heavy atom. The van der Waals surface area contributed by atoms with Crippen molar-refractivity contribution in [2.24, 2.45) is 5.92 Å². The number of rotatable bonds is 11. The van der Waals surface area contributed by atoms with Crippen LogP contribution in [0.1, 0.15) is 120 Å². The van der Waals surface area contributed by atoms with Crippen LogP contribution in [0, 0.1) is 5.92 Å². The van der Waals surface area contributed by atoms with E-state index in [1.54, 1.807) is 0 Å². The van der Waals surface area contributed by atoms with Crippen molar-refractivity contribution in [2.45, 2.75) is 154 Å². The van der Waals surface area contributed by atoms with Gasteiger partial charge in [-0.2, -0.15) is 0 Å². The summed E-state index contributed by atoms with van der Waals surface area (Å²) in [5.41, 5.74) is 0.944. The molecule has 2 fully saturated rings. The fourth-order valence-electron chi connectivity index (χ4n) is 6.91. The Labute approximate surface area is 201 Å². The highest BCUT2D eigenvalue weighted by molar-refractivity contribution is 5.00. The van der Waals surface area contributed by atoms with Crippen molar-refractivity contribution in [3.63, 3.8) is 0 Å². The third-order valence-corrected chi connectivity index (χ3v) is 7.69. The van der Waals surface area contributed by atoms with Crippen LogP contribution in [-0.2, 0) is 0 Å². The molecule has 0 saturated carbocycles. The first-order valence-electron chi connectivity index (χ1n) is 13.6. The summed E-state index contributed by atoms with van der Waals surface area (Å²) in [6, 6.07) is 1.35. The van der Waals surface area contributed by atoms with Gasteiger partial charge in [0.1, 0.15) is 0 Å². The van der Waals surface area contributed by atoms with Gasteiger partial charge in [0.15, 0.2) is 0 Å². The lowest BCUT2D eigenvalue weighted by atomic mass is 9.79. The monoisotopic (exact) mass is 450 g/mol. The SMILES string of the molecule is CC(CCCCCCN(C)C1CC(C)(C)NC(C)(C)C1)CNC1CC(C)(C)NC(C)(C)C1. The van der Waals surface area contributed by atoms with Gasteiger partial charge in [-0.15, -0.1) is 0 Å². The van der Waals surface area contributed by atoms with Crippen LogP contribution in [0.3, 0.4) is 0 Å². The Balaban J connectivity index is 1.57. The summed E-state index contributed by atoms with van der Waals surface area (Å²) in [7, 11) is 2.35. The summed E-state index contributed by atoms with van der Waals surface area (Å²) in [6.07, 6.45) is 11.8. The highest BCUT2D eigenvalue weighted by Gasteiger charge is 2.39. The summed E-state index contributed by atoms with van der Waals surface area (Å²) >= 11 is 0. The number of nitrogens with zero attached hydrogens (tertiary/aromatic N) is 1. The van der Waals surface area contributed by atoms with E-state index in [1.165, 1.54) is 70.9 Å². The molecule has 0 aromatic rings.